The minimum absolute atomic E-state index is 0.0116. The highest BCUT2D eigenvalue weighted by Gasteiger charge is 2.39. The second-order valence-corrected chi connectivity index (χ2v) is 19.3. The molecule has 0 saturated carbocycles. The van der Waals surface area contributed by atoms with Crippen molar-refractivity contribution in [1.29, 1.82) is 5.26 Å². The molecule has 0 aliphatic carbocycles. The summed E-state index contributed by atoms with van der Waals surface area (Å²) in [7, 11) is -2.05. The number of hydrogen-bond acceptors (Lipinski definition) is 7. The molecule has 2 fully saturated rings. The lowest BCUT2D eigenvalue weighted by atomic mass is 9.99. The predicted octanol–water partition coefficient (Wildman–Crippen LogP) is 7.14. The molecule has 0 bridgehead atoms. The van der Waals surface area contributed by atoms with Gasteiger partial charge in [0.25, 0.3) is 5.91 Å². The molecule has 47 heavy (non-hydrogen) atoms. The van der Waals surface area contributed by atoms with Gasteiger partial charge in [0.05, 0.1) is 30.1 Å². The molecule has 2 aliphatic rings. The number of piperazine rings is 1. The third-order valence-corrected chi connectivity index (χ3v) is 14.7. The van der Waals surface area contributed by atoms with Crippen molar-refractivity contribution in [2.24, 2.45) is 0 Å². The van der Waals surface area contributed by atoms with Crippen molar-refractivity contribution in [1.82, 2.24) is 9.88 Å². The van der Waals surface area contributed by atoms with Gasteiger partial charge in [0.2, 0.25) is 0 Å². The Labute approximate surface area is 280 Å². The smallest absolute Gasteiger partial charge is 0.254 e. The summed E-state index contributed by atoms with van der Waals surface area (Å²) >= 11 is 0. The van der Waals surface area contributed by atoms with E-state index >= 15 is 0 Å². The van der Waals surface area contributed by atoms with Gasteiger partial charge in [0.1, 0.15) is 17.7 Å². The van der Waals surface area contributed by atoms with E-state index in [0.717, 1.165) is 48.4 Å². The summed E-state index contributed by atoms with van der Waals surface area (Å²) < 4.78 is 20.4. The lowest BCUT2D eigenvalue weighted by Gasteiger charge is -2.44. The van der Waals surface area contributed by atoms with Crippen molar-refractivity contribution < 1.29 is 13.6 Å². The van der Waals surface area contributed by atoms with Gasteiger partial charge in [0, 0.05) is 50.0 Å². The van der Waals surface area contributed by atoms with Crippen LogP contribution in [0.3, 0.4) is 0 Å². The highest BCUT2D eigenvalue weighted by Crippen LogP contribution is 2.37. The van der Waals surface area contributed by atoms with Crippen molar-refractivity contribution in [3.8, 4) is 6.07 Å². The van der Waals surface area contributed by atoms with Crippen molar-refractivity contribution in [2.45, 2.75) is 77.7 Å². The first-order valence-electron chi connectivity index (χ1n) is 16.7. The Balaban J connectivity index is 1.30. The zero-order chi connectivity index (χ0) is 33.9. The molecule has 1 atom stereocenters. The minimum atomic E-state index is -2.05. The number of nitrogens with zero attached hydrogens (tertiary/aromatic N) is 5. The standard InChI is InChI=1S/C37H49FN6O2Si/c1-26-20-27(2)33(41-30-14-16-42(17-15-30)34-11-9-8-10-28(34)22-39)21-32(26)36(45)43-18-19-44(35-13-12-29(38)23-40-35)31(24-43)25-46-47(6,7)37(3,4)5/h8-13,20-21,23,30-31,41H,14-19,24-25H2,1-7H3/t31-/m1/s1. The molecule has 3 aromatic rings. The molecule has 2 aliphatic heterocycles. The Morgan fingerprint density at radius 3 is 2.45 bits per heavy atom. The Hall–Kier alpha value is -3.94. The number of para-hydroxylation sites is 1. The number of carbonyl (C=O) groups excluding carboxylic acids is 1. The number of aryl methyl sites for hydroxylation is 2. The quantitative estimate of drug-likeness (QED) is 0.258. The highest BCUT2D eigenvalue weighted by atomic mass is 28.4. The van der Waals surface area contributed by atoms with Crippen LogP contribution >= 0.6 is 0 Å². The Bertz CT molecular complexity index is 1610. The molecule has 0 spiro atoms. The van der Waals surface area contributed by atoms with Gasteiger partial charge in [-0.3, -0.25) is 4.79 Å². The number of anilines is 3. The van der Waals surface area contributed by atoms with E-state index in [2.05, 4.69) is 73.0 Å². The third kappa shape index (κ3) is 7.79. The second kappa shape index (κ2) is 14.0. The van der Waals surface area contributed by atoms with Gasteiger partial charge in [-0.1, -0.05) is 39.0 Å². The zero-order valence-electron chi connectivity index (χ0n) is 28.9. The van der Waals surface area contributed by atoms with Crippen LogP contribution in [-0.4, -0.2) is 75.5 Å². The van der Waals surface area contributed by atoms with E-state index in [0.29, 0.717) is 43.2 Å². The summed E-state index contributed by atoms with van der Waals surface area (Å²) in [6.07, 6.45) is 3.12. The number of nitrogens with one attached hydrogen (secondary N) is 1. The molecule has 250 valence electrons. The lowest BCUT2D eigenvalue weighted by Crippen LogP contribution is -2.58. The van der Waals surface area contributed by atoms with E-state index in [9.17, 15) is 14.4 Å². The molecule has 1 N–H and O–H groups in total. The third-order valence-electron chi connectivity index (χ3n) is 10.2. The number of nitriles is 1. The van der Waals surface area contributed by atoms with Crippen molar-refractivity contribution in [3.05, 3.63) is 82.8 Å². The van der Waals surface area contributed by atoms with E-state index < -0.39 is 8.32 Å². The van der Waals surface area contributed by atoms with Crippen LogP contribution in [0.1, 0.15) is 60.7 Å². The molecule has 3 heterocycles. The summed E-state index contributed by atoms with van der Waals surface area (Å²) in [5.74, 6) is 0.339. The van der Waals surface area contributed by atoms with Gasteiger partial charge in [-0.15, -0.1) is 0 Å². The van der Waals surface area contributed by atoms with Gasteiger partial charge in [-0.05, 0) is 86.3 Å². The largest absolute Gasteiger partial charge is 0.415 e. The molecule has 1 aromatic heterocycles. The number of benzene rings is 2. The average Bonchev–Trinajstić information content (AvgIpc) is 3.05. The van der Waals surface area contributed by atoms with Crippen molar-refractivity contribution >= 4 is 31.4 Å². The fourth-order valence-electron chi connectivity index (χ4n) is 6.28. The number of halogens is 1. The summed E-state index contributed by atoms with van der Waals surface area (Å²) in [4.78, 5) is 24.9. The number of rotatable bonds is 8. The molecule has 5 rings (SSSR count). The zero-order valence-corrected chi connectivity index (χ0v) is 29.9. The van der Waals surface area contributed by atoms with Gasteiger partial charge in [-0.25, -0.2) is 9.37 Å². The predicted molar refractivity (Wildman–Crippen MR) is 190 cm³/mol. The van der Waals surface area contributed by atoms with Crippen molar-refractivity contribution in [3.63, 3.8) is 0 Å². The average molecular weight is 657 g/mol. The second-order valence-electron chi connectivity index (χ2n) is 14.5. The van der Waals surface area contributed by atoms with Gasteiger partial charge in [0.15, 0.2) is 8.32 Å². The molecule has 8 nitrogen and oxygen atoms in total. The first-order valence-corrected chi connectivity index (χ1v) is 19.6. The highest BCUT2D eigenvalue weighted by molar-refractivity contribution is 6.74. The number of amides is 1. The maximum Gasteiger partial charge on any atom is 0.254 e. The SMILES string of the molecule is Cc1cc(C)c(C(=O)N2CCN(c3ccc(F)cn3)[C@@H](CO[Si](C)(C)C(C)(C)C)C2)cc1NC1CCN(c2ccccc2C#N)CC1. The molecule has 2 aromatic carbocycles. The van der Waals surface area contributed by atoms with E-state index in [1.807, 2.05) is 42.2 Å². The fourth-order valence-corrected chi connectivity index (χ4v) is 7.32. The monoisotopic (exact) mass is 656 g/mol. The Morgan fingerprint density at radius 2 is 1.79 bits per heavy atom. The van der Waals surface area contributed by atoms with Crippen molar-refractivity contribution in [2.75, 3.05) is 54.4 Å². The van der Waals surface area contributed by atoms with Crippen LogP contribution < -0.4 is 15.1 Å². The van der Waals surface area contributed by atoms with Gasteiger partial charge in [-0.2, -0.15) is 5.26 Å². The van der Waals surface area contributed by atoms with Gasteiger partial charge >= 0.3 is 0 Å². The first kappa shape index (κ1) is 34.4. The molecular weight excluding hydrogens is 608 g/mol. The number of aromatic nitrogens is 1. The van der Waals surface area contributed by atoms with E-state index in [1.165, 1.54) is 12.3 Å². The van der Waals surface area contributed by atoms with E-state index in [1.54, 1.807) is 6.07 Å². The Morgan fingerprint density at radius 1 is 1.06 bits per heavy atom. The van der Waals surface area contributed by atoms with Gasteiger partial charge < -0.3 is 24.4 Å². The maximum atomic E-state index is 14.2. The van der Waals surface area contributed by atoms with Crippen LogP contribution in [0.25, 0.3) is 0 Å². The van der Waals surface area contributed by atoms with Crippen LogP contribution in [0, 0.1) is 31.0 Å². The molecule has 0 unspecified atom stereocenters. The van der Waals surface area contributed by atoms with Crippen LogP contribution in [0.2, 0.25) is 18.1 Å². The first-order chi connectivity index (χ1) is 22.3. The Kier molecular flexibility index (Phi) is 10.3. The molecule has 2 saturated heterocycles. The van der Waals surface area contributed by atoms with Crippen LogP contribution in [-0.2, 0) is 4.43 Å². The lowest BCUT2D eigenvalue weighted by molar-refractivity contribution is 0.0700. The van der Waals surface area contributed by atoms with Crippen LogP contribution in [0.15, 0.2) is 54.7 Å². The van der Waals surface area contributed by atoms with E-state index in [-0.39, 0.29) is 28.8 Å². The fraction of sp³-hybridized carbons (Fsp3) is 0.486. The number of piperidine rings is 1. The topological polar surface area (TPSA) is 84.7 Å². The molecule has 0 radical (unpaired) electrons. The van der Waals surface area contributed by atoms with E-state index in [4.69, 9.17) is 4.43 Å². The summed E-state index contributed by atoms with van der Waals surface area (Å²) in [6.45, 7) is 19.0. The number of pyridine rings is 1. The summed E-state index contributed by atoms with van der Waals surface area (Å²) in [6, 6.07) is 17.5. The van der Waals surface area contributed by atoms with Crippen LogP contribution in [0.4, 0.5) is 21.6 Å². The summed E-state index contributed by atoms with van der Waals surface area (Å²) in [5.41, 5.74) is 5.47. The normalized spacial score (nSPS) is 17.9. The molecular formula is C37H49FN6O2Si. The minimum Gasteiger partial charge on any atom is -0.415 e. The number of carbonyl (C=O) groups is 1. The van der Waals surface area contributed by atoms with Crippen LogP contribution in [0.5, 0.6) is 0 Å². The summed E-state index contributed by atoms with van der Waals surface area (Å²) in [5, 5.41) is 13.3. The number of hydrogen-bond donors (Lipinski definition) is 1. The maximum absolute atomic E-state index is 14.2. The molecule has 10 heteroatoms. The molecule has 1 amide bonds.